The minimum atomic E-state index is -0.740. The normalized spacial score (nSPS) is 16.8. The number of phenolic OH excluding ortho intramolecular Hbond substituents is 1. The van der Waals surface area contributed by atoms with E-state index in [0.29, 0.717) is 22.4 Å². The highest BCUT2D eigenvalue weighted by molar-refractivity contribution is 6.04. The van der Waals surface area contributed by atoms with Gasteiger partial charge in [0.05, 0.1) is 23.9 Å². The van der Waals surface area contributed by atoms with Gasteiger partial charge in [-0.1, -0.05) is 71.9 Å². The summed E-state index contributed by atoms with van der Waals surface area (Å²) >= 11 is 0. The Morgan fingerprint density at radius 1 is 1.00 bits per heavy atom. The summed E-state index contributed by atoms with van der Waals surface area (Å²) in [4.78, 5) is 25.9. The van der Waals surface area contributed by atoms with Gasteiger partial charge >= 0.3 is 12.0 Å². The van der Waals surface area contributed by atoms with Crippen LogP contribution in [-0.4, -0.2) is 23.7 Å². The van der Waals surface area contributed by atoms with Crippen LogP contribution < -0.4 is 10.6 Å². The first kappa shape index (κ1) is 24.4. The van der Waals surface area contributed by atoms with Crippen molar-refractivity contribution < 1.29 is 19.4 Å². The number of benzene rings is 2. The fraction of sp³-hybridized carbons (Fsp3) is 0.407. The standard InChI is InChI=1S/C27H34N2O4/c1-8-33-24(31)20-21(16-12-10-9-11-13-16)28-25(32)29-22(20)17-14-18(26(2,3)4)23(30)19(15-17)27(5,6)7/h9-15,22,30H,8H2,1-7H3,(H2,28,29,32)/t22-/m0/s1. The molecule has 2 aromatic rings. The molecular formula is C27H34N2O4. The van der Waals surface area contributed by atoms with Gasteiger partial charge in [-0.15, -0.1) is 0 Å². The minimum absolute atomic E-state index is 0.209. The van der Waals surface area contributed by atoms with Crippen LogP contribution in [0.25, 0.3) is 5.70 Å². The van der Waals surface area contributed by atoms with E-state index in [9.17, 15) is 14.7 Å². The fourth-order valence-electron chi connectivity index (χ4n) is 4.04. The number of amides is 2. The minimum Gasteiger partial charge on any atom is -0.507 e. The first-order valence-electron chi connectivity index (χ1n) is 11.3. The topological polar surface area (TPSA) is 87.7 Å². The Bertz CT molecular complexity index is 1050. The highest BCUT2D eigenvalue weighted by atomic mass is 16.5. The average Bonchev–Trinajstić information content (AvgIpc) is 2.72. The summed E-state index contributed by atoms with van der Waals surface area (Å²) < 4.78 is 5.40. The van der Waals surface area contributed by atoms with Crippen LogP contribution in [0.1, 0.15) is 76.8 Å². The van der Waals surface area contributed by atoms with E-state index in [4.69, 9.17) is 4.74 Å². The van der Waals surface area contributed by atoms with Gasteiger partial charge in [0.25, 0.3) is 0 Å². The number of ether oxygens (including phenoxy) is 1. The third-order valence-corrected chi connectivity index (χ3v) is 5.71. The number of phenols is 1. The summed E-state index contributed by atoms with van der Waals surface area (Å²) in [6.45, 7) is 14.1. The van der Waals surface area contributed by atoms with Crippen LogP contribution in [0, 0.1) is 0 Å². The van der Waals surface area contributed by atoms with Crippen molar-refractivity contribution in [1.29, 1.82) is 0 Å². The Kier molecular flexibility index (Phi) is 6.59. The van der Waals surface area contributed by atoms with E-state index in [0.717, 1.165) is 11.1 Å². The first-order valence-corrected chi connectivity index (χ1v) is 11.3. The molecule has 2 amide bonds. The number of nitrogens with one attached hydrogen (secondary N) is 2. The number of aromatic hydroxyl groups is 1. The summed E-state index contributed by atoms with van der Waals surface area (Å²) in [5, 5.41) is 16.8. The maximum Gasteiger partial charge on any atom is 0.338 e. The van der Waals surface area contributed by atoms with Gasteiger partial charge in [0.15, 0.2) is 0 Å². The number of rotatable bonds is 4. The lowest BCUT2D eigenvalue weighted by molar-refractivity contribution is -0.138. The Hall–Kier alpha value is -3.28. The van der Waals surface area contributed by atoms with E-state index in [1.165, 1.54) is 0 Å². The van der Waals surface area contributed by atoms with Gasteiger partial charge in [0.2, 0.25) is 0 Å². The molecule has 176 valence electrons. The molecule has 2 aromatic carbocycles. The predicted molar refractivity (Wildman–Crippen MR) is 130 cm³/mol. The van der Waals surface area contributed by atoms with Gasteiger partial charge in [-0.25, -0.2) is 9.59 Å². The van der Waals surface area contributed by atoms with Crippen molar-refractivity contribution in [2.24, 2.45) is 0 Å². The molecule has 0 aliphatic carbocycles. The van der Waals surface area contributed by atoms with Crippen molar-refractivity contribution in [3.05, 3.63) is 70.3 Å². The number of urea groups is 1. The van der Waals surface area contributed by atoms with Gasteiger partial charge in [0.1, 0.15) is 5.75 Å². The number of esters is 1. The molecule has 0 spiro atoms. The third-order valence-electron chi connectivity index (χ3n) is 5.71. The third kappa shape index (κ3) is 5.05. The summed E-state index contributed by atoms with van der Waals surface area (Å²) in [7, 11) is 0. The summed E-state index contributed by atoms with van der Waals surface area (Å²) in [6, 6.07) is 11.9. The molecule has 0 aromatic heterocycles. The molecular weight excluding hydrogens is 416 g/mol. The van der Waals surface area contributed by atoms with Crippen LogP contribution >= 0.6 is 0 Å². The molecule has 3 N–H and O–H groups in total. The van der Waals surface area contributed by atoms with Crippen molar-refractivity contribution in [3.63, 3.8) is 0 Å². The maximum atomic E-state index is 13.2. The zero-order valence-corrected chi connectivity index (χ0v) is 20.5. The van der Waals surface area contributed by atoms with Crippen molar-refractivity contribution in [1.82, 2.24) is 10.6 Å². The lowest BCUT2D eigenvalue weighted by Gasteiger charge is -2.33. The molecule has 0 bridgehead atoms. The van der Waals surface area contributed by atoms with Crippen LogP contribution in [0.5, 0.6) is 5.75 Å². The molecule has 1 aliphatic heterocycles. The number of hydrogen-bond acceptors (Lipinski definition) is 4. The van der Waals surface area contributed by atoms with Crippen LogP contribution in [0.4, 0.5) is 4.79 Å². The van der Waals surface area contributed by atoms with Crippen molar-refractivity contribution in [3.8, 4) is 5.75 Å². The van der Waals surface area contributed by atoms with Crippen LogP contribution in [-0.2, 0) is 20.4 Å². The van der Waals surface area contributed by atoms with E-state index in [1.807, 2.05) is 84.0 Å². The molecule has 6 nitrogen and oxygen atoms in total. The SMILES string of the molecule is CCOC(=O)C1=C(c2ccccc2)NC(=O)N[C@H]1c1cc(C(C)(C)C)c(O)c(C(C)(C)C)c1. The molecule has 3 rings (SSSR count). The van der Waals surface area contributed by atoms with E-state index in [-0.39, 0.29) is 23.2 Å². The van der Waals surface area contributed by atoms with E-state index in [1.54, 1.807) is 6.92 Å². The Balaban J connectivity index is 2.33. The second-order valence-corrected chi connectivity index (χ2v) is 10.4. The van der Waals surface area contributed by atoms with Gasteiger partial charge < -0.3 is 20.5 Å². The molecule has 1 heterocycles. The molecule has 0 fully saturated rings. The maximum absolute atomic E-state index is 13.2. The number of carbonyl (C=O) groups is 2. The summed E-state index contributed by atoms with van der Waals surface area (Å²) in [6.07, 6.45) is 0. The second kappa shape index (κ2) is 8.93. The van der Waals surface area contributed by atoms with E-state index < -0.39 is 18.0 Å². The highest BCUT2D eigenvalue weighted by Crippen LogP contribution is 2.42. The first-order chi connectivity index (χ1) is 15.3. The molecule has 1 aliphatic rings. The zero-order chi connectivity index (χ0) is 24.6. The van der Waals surface area contributed by atoms with Gasteiger partial charge in [-0.2, -0.15) is 0 Å². The molecule has 0 radical (unpaired) electrons. The van der Waals surface area contributed by atoms with Crippen molar-refractivity contribution in [2.75, 3.05) is 6.61 Å². The smallest absolute Gasteiger partial charge is 0.338 e. The zero-order valence-electron chi connectivity index (χ0n) is 20.5. The van der Waals surface area contributed by atoms with Gasteiger partial charge in [-0.05, 0) is 52.1 Å². The van der Waals surface area contributed by atoms with Crippen molar-refractivity contribution in [2.45, 2.75) is 65.3 Å². The van der Waals surface area contributed by atoms with Crippen molar-refractivity contribution >= 4 is 17.7 Å². The van der Waals surface area contributed by atoms with Crippen LogP contribution in [0.15, 0.2) is 48.0 Å². The Labute approximate surface area is 196 Å². The molecule has 0 unspecified atom stereocenters. The van der Waals surface area contributed by atoms with Gasteiger partial charge in [0, 0.05) is 0 Å². The molecule has 0 saturated carbocycles. The van der Waals surface area contributed by atoms with Gasteiger partial charge in [-0.3, -0.25) is 0 Å². The van der Waals surface area contributed by atoms with Crippen LogP contribution in [0.2, 0.25) is 0 Å². The molecule has 6 heteroatoms. The fourth-order valence-corrected chi connectivity index (χ4v) is 4.04. The molecule has 1 atom stereocenters. The monoisotopic (exact) mass is 450 g/mol. The Morgan fingerprint density at radius 3 is 2.03 bits per heavy atom. The summed E-state index contributed by atoms with van der Waals surface area (Å²) in [5.74, 6) is -0.263. The molecule has 33 heavy (non-hydrogen) atoms. The second-order valence-electron chi connectivity index (χ2n) is 10.4. The highest BCUT2D eigenvalue weighted by Gasteiger charge is 2.36. The average molecular weight is 451 g/mol. The lowest BCUT2D eigenvalue weighted by atomic mass is 9.77. The van der Waals surface area contributed by atoms with E-state index in [2.05, 4.69) is 10.6 Å². The molecule has 0 saturated heterocycles. The lowest BCUT2D eigenvalue weighted by Crippen LogP contribution is -2.45. The Morgan fingerprint density at radius 2 is 1.55 bits per heavy atom. The predicted octanol–water partition coefficient (Wildman–Crippen LogP) is 5.32. The van der Waals surface area contributed by atoms with Crippen LogP contribution in [0.3, 0.4) is 0 Å². The number of carbonyl (C=O) groups excluding carboxylic acids is 2. The largest absolute Gasteiger partial charge is 0.507 e. The quantitative estimate of drug-likeness (QED) is 0.551. The number of hydrogen-bond donors (Lipinski definition) is 3. The summed E-state index contributed by atoms with van der Waals surface area (Å²) in [5.41, 5.74) is 2.98. The van der Waals surface area contributed by atoms with E-state index >= 15 is 0 Å².